The Labute approximate surface area is 265 Å². The van der Waals surface area contributed by atoms with E-state index in [4.69, 9.17) is 0 Å². The van der Waals surface area contributed by atoms with Crippen molar-refractivity contribution in [2.75, 3.05) is 22.9 Å². The van der Waals surface area contributed by atoms with Gasteiger partial charge in [-0.05, 0) is 48.2 Å². The number of allylic oxidation sites excluding steroid dienone is 4. The molecule has 0 bridgehead atoms. The maximum Gasteiger partial charge on any atom is 0.195 e. The average molecular weight is 619 g/mol. The van der Waals surface area contributed by atoms with Crippen LogP contribution in [0.3, 0.4) is 0 Å². The van der Waals surface area contributed by atoms with Crippen LogP contribution in [0.4, 0.5) is 11.4 Å². The molecule has 3 aromatic carbocycles. The number of anilines is 2. The molecular formula is C36H30N2O4S2-2. The van der Waals surface area contributed by atoms with Gasteiger partial charge in [-0.2, -0.15) is 0 Å². The Hall–Kier alpha value is -4.14. The van der Waals surface area contributed by atoms with Gasteiger partial charge in [0.1, 0.15) is 0 Å². The van der Waals surface area contributed by atoms with Crippen LogP contribution in [0.25, 0.3) is 11.1 Å². The van der Waals surface area contributed by atoms with Crippen LogP contribution in [0, 0.1) is 0 Å². The van der Waals surface area contributed by atoms with E-state index in [0.29, 0.717) is 21.2 Å². The molecule has 2 heterocycles. The molecule has 0 saturated heterocycles. The number of Topliss-reactive ketones (excluding diaryl/α,β-unsaturated/α-hetero) is 2. The summed E-state index contributed by atoms with van der Waals surface area (Å²) >= 11 is 2.95. The Morgan fingerprint density at radius 1 is 0.568 bits per heavy atom. The summed E-state index contributed by atoms with van der Waals surface area (Å²) in [6, 6.07) is 22.6. The number of thioether (sulfide) groups is 2. The van der Waals surface area contributed by atoms with E-state index in [2.05, 4.69) is 23.6 Å². The Bertz CT molecular complexity index is 1720. The SMILES string of the molecule is CCCCN1C(=C2C(=O)C(c3ccc(C4=C([O-])C(=C5Sc6ccccc6N5CCCC)C4=O)cc3)=C2[O-])Sc2ccccc21. The van der Waals surface area contributed by atoms with Crippen LogP contribution in [-0.2, 0) is 9.59 Å². The first-order valence-corrected chi connectivity index (χ1v) is 16.7. The number of rotatable bonds is 8. The zero-order valence-corrected chi connectivity index (χ0v) is 26.1. The fraction of sp³-hybridized carbons (Fsp3) is 0.222. The number of nitrogens with zero attached hydrogens (tertiary/aromatic N) is 2. The van der Waals surface area contributed by atoms with E-state index < -0.39 is 0 Å². The molecule has 0 N–H and O–H groups in total. The van der Waals surface area contributed by atoms with Crippen molar-refractivity contribution in [1.29, 1.82) is 0 Å². The van der Waals surface area contributed by atoms with Gasteiger partial charge in [0.2, 0.25) is 0 Å². The Kier molecular flexibility index (Phi) is 7.42. The van der Waals surface area contributed by atoms with Gasteiger partial charge in [0.25, 0.3) is 0 Å². The molecule has 0 unspecified atom stereocenters. The molecule has 0 amide bonds. The zero-order valence-electron chi connectivity index (χ0n) is 24.5. The molecule has 2 aliphatic carbocycles. The highest BCUT2D eigenvalue weighted by Gasteiger charge is 2.38. The Balaban J connectivity index is 1.18. The molecule has 7 rings (SSSR count). The van der Waals surface area contributed by atoms with Crippen molar-refractivity contribution < 1.29 is 19.8 Å². The van der Waals surface area contributed by atoms with Gasteiger partial charge < -0.3 is 20.0 Å². The maximum absolute atomic E-state index is 13.4. The third-order valence-corrected chi connectivity index (χ3v) is 10.8. The lowest BCUT2D eigenvalue weighted by molar-refractivity contribution is -0.298. The van der Waals surface area contributed by atoms with Gasteiger partial charge in [0, 0.05) is 45.2 Å². The molecule has 222 valence electrons. The zero-order chi connectivity index (χ0) is 30.5. The Morgan fingerprint density at radius 2 is 0.955 bits per heavy atom. The monoisotopic (exact) mass is 618 g/mol. The van der Waals surface area contributed by atoms with Crippen molar-refractivity contribution >= 4 is 57.6 Å². The quantitative estimate of drug-likeness (QED) is 0.274. The molecule has 2 aliphatic heterocycles. The second-order valence-electron chi connectivity index (χ2n) is 11.2. The summed E-state index contributed by atoms with van der Waals surface area (Å²) in [5, 5.41) is 28.3. The van der Waals surface area contributed by atoms with Crippen LogP contribution in [0.1, 0.15) is 50.7 Å². The number of benzene rings is 3. The lowest BCUT2D eigenvalue weighted by Gasteiger charge is -2.35. The van der Waals surface area contributed by atoms with Crippen molar-refractivity contribution in [2.24, 2.45) is 0 Å². The fourth-order valence-electron chi connectivity index (χ4n) is 6.02. The molecule has 0 atom stereocenters. The summed E-state index contributed by atoms with van der Waals surface area (Å²) < 4.78 is 0. The molecule has 4 aliphatic rings. The van der Waals surface area contributed by atoms with Gasteiger partial charge in [-0.3, -0.25) is 9.59 Å². The van der Waals surface area contributed by atoms with E-state index in [1.807, 2.05) is 48.5 Å². The fourth-order valence-corrected chi connectivity index (χ4v) is 8.47. The van der Waals surface area contributed by atoms with Crippen LogP contribution < -0.4 is 20.0 Å². The predicted octanol–water partition coefficient (Wildman–Crippen LogP) is 6.24. The molecule has 44 heavy (non-hydrogen) atoms. The first-order valence-electron chi connectivity index (χ1n) is 15.1. The van der Waals surface area contributed by atoms with Crippen molar-refractivity contribution in [2.45, 2.75) is 49.3 Å². The molecule has 0 saturated carbocycles. The topological polar surface area (TPSA) is 86.7 Å². The van der Waals surface area contributed by atoms with Crippen molar-refractivity contribution in [3.05, 3.63) is 117 Å². The number of unbranched alkanes of at least 4 members (excludes halogenated alkanes) is 2. The number of hydrogen-bond acceptors (Lipinski definition) is 8. The van der Waals surface area contributed by atoms with Gasteiger partial charge in [-0.1, -0.05) is 110 Å². The van der Waals surface area contributed by atoms with Crippen LogP contribution in [0.5, 0.6) is 0 Å². The van der Waals surface area contributed by atoms with Gasteiger partial charge in [0.05, 0.1) is 21.4 Å². The van der Waals surface area contributed by atoms with Gasteiger partial charge in [-0.15, -0.1) is 0 Å². The Morgan fingerprint density at radius 3 is 1.32 bits per heavy atom. The summed E-state index contributed by atoms with van der Waals surface area (Å²) in [7, 11) is 0. The van der Waals surface area contributed by atoms with E-state index in [-0.39, 0.29) is 45.4 Å². The third kappa shape index (κ3) is 4.42. The van der Waals surface area contributed by atoms with Crippen molar-refractivity contribution in [1.82, 2.24) is 0 Å². The molecule has 0 aromatic heterocycles. The summed E-state index contributed by atoms with van der Waals surface area (Å²) in [5.74, 6) is -1.06. The van der Waals surface area contributed by atoms with Crippen LogP contribution >= 0.6 is 23.5 Å². The first kappa shape index (κ1) is 28.6. The van der Waals surface area contributed by atoms with Gasteiger partial charge in [-0.25, -0.2) is 0 Å². The lowest BCUT2D eigenvalue weighted by atomic mass is 9.81. The third-order valence-electron chi connectivity index (χ3n) is 8.39. The van der Waals surface area contributed by atoms with Gasteiger partial charge in [0.15, 0.2) is 11.6 Å². The maximum atomic E-state index is 13.4. The molecule has 8 heteroatoms. The number of ketones is 2. The van der Waals surface area contributed by atoms with Crippen LogP contribution in [0.15, 0.2) is 115 Å². The average Bonchev–Trinajstić information content (AvgIpc) is 3.57. The molecule has 6 nitrogen and oxygen atoms in total. The molecule has 0 fully saturated rings. The minimum absolute atomic E-state index is 0.150. The molecule has 0 spiro atoms. The highest BCUT2D eigenvalue weighted by molar-refractivity contribution is 8.04. The number of carbonyl (C=O) groups is 2. The minimum atomic E-state index is -0.264. The first-order chi connectivity index (χ1) is 21.4. The highest BCUT2D eigenvalue weighted by Crippen LogP contribution is 2.52. The van der Waals surface area contributed by atoms with Gasteiger partial charge >= 0.3 is 0 Å². The van der Waals surface area contributed by atoms with E-state index in [9.17, 15) is 19.8 Å². The lowest BCUT2D eigenvalue weighted by Crippen LogP contribution is -2.34. The predicted molar refractivity (Wildman–Crippen MR) is 173 cm³/mol. The summed E-state index contributed by atoms with van der Waals surface area (Å²) in [4.78, 5) is 33.1. The van der Waals surface area contributed by atoms with E-state index in [1.165, 1.54) is 23.5 Å². The molecular weight excluding hydrogens is 589 g/mol. The smallest absolute Gasteiger partial charge is 0.195 e. The van der Waals surface area contributed by atoms with E-state index in [1.54, 1.807) is 24.3 Å². The summed E-state index contributed by atoms with van der Waals surface area (Å²) in [5.41, 5.74) is 3.83. The number of fused-ring (bicyclic) bond motifs is 2. The van der Waals surface area contributed by atoms with Crippen LogP contribution in [0.2, 0.25) is 0 Å². The number of para-hydroxylation sites is 2. The van der Waals surface area contributed by atoms with E-state index in [0.717, 1.165) is 59.9 Å². The van der Waals surface area contributed by atoms with Crippen LogP contribution in [-0.4, -0.2) is 24.7 Å². The standard InChI is InChI=1S/C36H32N2O4S2/c1-3-5-19-37-23-11-7-9-13-25(23)43-35(37)29-31(39)27(32(29)40)21-15-17-22(18-16-21)28-33(41)30(34(28)42)36-38(20-6-4-2)24-12-8-10-14-26(24)44-36/h7-18,39,41H,3-6,19-20H2,1-2H3/p-2. The minimum Gasteiger partial charge on any atom is -0.871 e. The largest absolute Gasteiger partial charge is 0.871 e. The highest BCUT2D eigenvalue weighted by atomic mass is 32.2. The number of carbonyl (C=O) groups excluding carboxylic acids is 2. The van der Waals surface area contributed by atoms with E-state index >= 15 is 0 Å². The second kappa shape index (κ2) is 11.4. The number of hydrogen-bond donors (Lipinski definition) is 0. The van der Waals surface area contributed by atoms with Crippen molar-refractivity contribution in [3.63, 3.8) is 0 Å². The summed E-state index contributed by atoms with van der Waals surface area (Å²) in [6.45, 7) is 5.72. The normalized spacial score (nSPS) is 20.8. The second-order valence-corrected chi connectivity index (χ2v) is 13.2. The summed E-state index contributed by atoms with van der Waals surface area (Å²) in [6.07, 6.45) is 3.90. The molecule has 0 radical (unpaired) electrons. The molecule has 3 aromatic rings. The van der Waals surface area contributed by atoms with Crippen molar-refractivity contribution in [3.8, 4) is 0 Å².